The SMILES string of the molecule is O=[N+]([O-])c1cc(Br)ccc1NCCOc1ccc2c(c1)OCO2. The molecule has 1 aliphatic rings. The highest BCUT2D eigenvalue weighted by Crippen LogP contribution is 2.35. The van der Waals surface area contributed by atoms with Crippen LogP contribution in [0.3, 0.4) is 0 Å². The number of nitrogens with zero attached hydrogens (tertiary/aromatic N) is 1. The number of anilines is 1. The van der Waals surface area contributed by atoms with Crippen LogP contribution < -0.4 is 19.5 Å². The predicted molar refractivity (Wildman–Crippen MR) is 87.3 cm³/mol. The van der Waals surface area contributed by atoms with Gasteiger partial charge in [0.15, 0.2) is 11.5 Å². The van der Waals surface area contributed by atoms with E-state index in [-0.39, 0.29) is 12.5 Å². The fourth-order valence-electron chi connectivity index (χ4n) is 2.13. The van der Waals surface area contributed by atoms with Crippen molar-refractivity contribution in [1.82, 2.24) is 0 Å². The molecule has 1 heterocycles. The van der Waals surface area contributed by atoms with E-state index < -0.39 is 4.92 Å². The van der Waals surface area contributed by atoms with E-state index in [1.54, 1.807) is 30.3 Å². The van der Waals surface area contributed by atoms with Crippen LogP contribution in [0.5, 0.6) is 17.2 Å². The van der Waals surface area contributed by atoms with E-state index in [0.717, 1.165) is 0 Å². The van der Waals surface area contributed by atoms with E-state index in [1.807, 2.05) is 0 Å². The first-order valence-electron chi connectivity index (χ1n) is 6.84. The van der Waals surface area contributed by atoms with Crippen molar-refractivity contribution in [3.8, 4) is 17.2 Å². The number of rotatable bonds is 6. The van der Waals surface area contributed by atoms with Gasteiger partial charge in [-0.1, -0.05) is 15.9 Å². The maximum atomic E-state index is 11.0. The first-order chi connectivity index (χ1) is 11.1. The molecule has 2 aromatic rings. The second kappa shape index (κ2) is 6.74. The number of nitro groups is 1. The van der Waals surface area contributed by atoms with Gasteiger partial charge < -0.3 is 19.5 Å². The Bertz CT molecular complexity index is 738. The highest BCUT2D eigenvalue weighted by atomic mass is 79.9. The molecule has 0 fully saturated rings. The van der Waals surface area contributed by atoms with E-state index >= 15 is 0 Å². The van der Waals surface area contributed by atoms with Gasteiger partial charge in [0.05, 0.1) is 4.92 Å². The Balaban J connectivity index is 1.55. The highest BCUT2D eigenvalue weighted by Gasteiger charge is 2.15. The molecule has 23 heavy (non-hydrogen) atoms. The number of nitro benzene ring substituents is 1. The zero-order chi connectivity index (χ0) is 16.2. The van der Waals surface area contributed by atoms with Crippen LogP contribution in [0, 0.1) is 10.1 Å². The minimum absolute atomic E-state index is 0.0162. The molecule has 0 spiro atoms. The minimum atomic E-state index is -0.425. The fraction of sp³-hybridized carbons (Fsp3) is 0.200. The van der Waals surface area contributed by atoms with Crippen LogP contribution in [0.2, 0.25) is 0 Å². The van der Waals surface area contributed by atoms with Crippen LogP contribution in [0.25, 0.3) is 0 Å². The molecule has 0 atom stereocenters. The molecule has 0 saturated heterocycles. The van der Waals surface area contributed by atoms with Crippen molar-refractivity contribution in [2.75, 3.05) is 25.3 Å². The normalized spacial score (nSPS) is 12.0. The van der Waals surface area contributed by atoms with Gasteiger partial charge in [0.25, 0.3) is 5.69 Å². The van der Waals surface area contributed by atoms with Gasteiger partial charge in [0.2, 0.25) is 6.79 Å². The fourth-order valence-corrected chi connectivity index (χ4v) is 2.48. The van der Waals surface area contributed by atoms with Crippen LogP contribution in [0.1, 0.15) is 0 Å². The third-order valence-electron chi connectivity index (χ3n) is 3.19. The second-order valence-corrected chi connectivity index (χ2v) is 5.62. The number of nitrogens with one attached hydrogen (secondary N) is 1. The molecule has 0 aromatic heterocycles. The van der Waals surface area contributed by atoms with Crippen LogP contribution in [-0.2, 0) is 0 Å². The van der Waals surface area contributed by atoms with Gasteiger partial charge in [-0.3, -0.25) is 10.1 Å². The molecule has 2 aromatic carbocycles. The van der Waals surface area contributed by atoms with Gasteiger partial charge in [-0.25, -0.2) is 0 Å². The van der Waals surface area contributed by atoms with Crippen molar-refractivity contribution >= 4 is 27.3 Å². The van der Waals surface area contributed by atoms with E-state index in [1.165, 1.54) is 6.07 Å². The molecule has 0 radical (unpaired) electrons. The Labute approximate surface area is 140 Å². The monoisotopic (exact) mass is 380 g/mol. The number of halogens is 1. The molecule has 120 valence electrons. The van der Waals surface area contributed by atoms with Crippen molar-refractivity contribution in [1.29, 1.82) is 0 Å². The summed E-state index contributed by atoms with van der Waals surface area (Å²) < 4.78 is 16.8. The maximum absolute atomic E-state index is 11.0. The van der Waals surface area contributed by atoms with Crippen molar-refractivity contribution in [2.45, 2.75) is 0 Å². The van der Waals surface area contributed by atoms with Crippen LogP contribution >= 0.6 is 15.9 Å². The number of ether oxygens (including phenoxy) is 3. The van der Waals surface area contributed by atoms with Gasteiger partial charge in [0.1, 0.15) is 18.0 Å². The molecule has 3 rings (SSSR count). The summed E-state index contributed by atoms with van der Waals surface area (Å²) in [7, 11) is 0. The van der Waals surface area contributed by atoms with Crippen LogP contribution in [-0.4, -0.2) is 24.9 Å². The summed E-state index contributed by atoms with van der Waals surface area (Å²) in [5, 5.41) is 14.0. The van der Waals surface area contributed by atoms with Gasteiger partial charge in [-0.2, -0.15) is 0 Å². The molecule has 0 bridgehead atoms. The molecule has 0 saturated carbocycles. The largest absolute Gasteiger partial charge is 0.492 e. The summed E-state index contributed by atoms with van der Waals surface area (Å²) in [6, 6.07) is 10.2. The van der Waals surface area contributed by atoms with Crippen LogP contribution in [0.4, 0.5) is 11.4 Å². The van der Waals surface area contributed by atoms with Crippen molar-refractivity contribution < 1.29 is 19.1 Å². The summed E-state index contributed by atoms with van der Waals surface area (Å²) in [5.74, 6) is 2.00. The topological polar surface area (TPSA) is 82.9 Å². The summed E-state index contributed by atoms with van der Waals surface area (Å²) in [6.07, 6.45) is 0. The van der Waals surface area contributed by atoms with Crippen molar-refractivity contribution in [3.63, 3.8) is 0 Å². The maximum Gasteiger partial charge on any atom is 0.293 e. The van der Waals surface area contributed by atoms with E-state index in [4.69, 9.17) is 14.2 Å². The Morgan fingerprint density at radius 3 is 2.87 bits per heavy atom. The first kappa shape index (κ1) is 15.4. The first-order valence-corrected chi connectivity index (χ1v) is 7.63. The lowest BCUT2D eigenvalue weighted by atomic mass is 10.2. The molecule has 1 N–H and O–H groups in total. The Hall–Kier alpha value is -2.48. The lowest BCUT2D eigenvalue weighted by molar-refractivity contribution is -0.384. The third-order valence-corrected chi connectivity index (χ3v) is 3.68. The molecule has 0 amide bonds. The molecule has 0 aliphatic carbocycles. The van der Waals surface area contributed by atoms with E-state index in [9.17, 15) is 10.1 Å². The molecule has 7 nitrogen and oxygen atoms in total. The number of benzene rings is 2. The van der Waals surface area contributed by atoms with Crippen LogP contribution in [0.15, 0.2) is 40.9 Å². The Morgan fingerprint density at radius 2 is 2.04 bits per heavy atom. The van der Waals surface area contributed by atoms with Gasteiger partial charge in [-0.05, 0) is 24.3 Å². The molecule has 8 heteroatoms. The highest BCUT2D eigenvalue weighted by molar-refractivity contribution is 9.10. The molecule has 1 aliphatic heterocycles. The number of hydrogen-bond donors (Lipinski definition) is 1. The Morgan fingerprint density at radius 1 is 1.22 bits per heavy atom. The van der Waals surface area contributed by atoms with Crippen molar-refractivity contribution in [2.24, 2.45) is 0 Å². The second-order valence-electron chi connectivity index (χ2n) is 4.71. The average molecular weight is 381 g/mol. The number of fused-ring (bicyclic) bond motifs is 1. The molecular weight excluding hydrogens is 368 g/mol. The lowest BCUT2D eigenvalue weighted by Crippen LogP contribution is -2.12. The standard InChI is InChI=1S/C15H13BrN2O5/c16-10-1-3-12(13(7-10)18(19)20)17-5-6-21-11-2-4-14-15(8-11)23-9-22-14/h1-4,7-8,17H,5-6,9H2. The summed E-state index contributed by atoms with van der Waals surface area (Å²) in [4.78, 5) is 10.6. The Kier molecular flexibility index (Phi) is 4.52. The zero-order valence-corrected chi connectivity index (χ0v) is 13.5. The molecule has 0 unspecified atom stereocenters. The van der Waals surface area contributed by atoms with E-state index in [0.29, 0.717) is 40.6 Å². The summed E-state index contributed by atoms with van der Waals surface area (Å²) >= 11 is 3.22. The lowest BCUT2D eigenvalue weighted by Gasteiger charge is -2.09. The number of hydrogen-bond acceptors (Lipinski definition) is 6. The quantitative estimate of drug-likeness (QED) is 0.468. The summed E-state index contributed by atoms with van der Waals surface area (Å²) in [5.41, 5.74) is 0.468. The zero-order valence-electron chi connectivity index (χ0n) is 12.0. The predicted octanol–water partition coefficient (Wildman–Crippen LogP) is 3.58. The van der Waals surface area contributed by atoms with E-state index in [2.05, 4.69) is 21.2 Å². The van der Waals surface area contributed by atoms with Gasteiger partial charge >= 0.3 is 0 Å². The van der Waals surface area contributed by atoms with Gasteiger partial charge in [0, 0.05) is 23.2 Å². The average Bonchev–Trinajstić information content (AvgIpc) is 3.00. The molecular formula is C15H13BrN2O5. The van der Waals surface area contributed by atoms with Crippen molar-refractivity contribution in [3.05, 3.63) is 51.0 Å². The summed E-state index contributed by atoms with van der Waals surface area (Å²) in [6.45, 7) is 0.997. The minimum Gasteiger partial charge on any atom is -0.492 e. The van der Waals surface area contributed by atoms with Gasteiger partial charge in [-0.15, -0.1) is 0 Å². The third kappa shape index (κ3) is 3.65. The smallest absolute Gasteiger partial charge is 0.293 e.